The molecule has 27 atom stereocenters. The Morgan fingerprint density at radius 1 is 0.648 bits per heavy atom. The molecule has 0 amide bonds. The van der Waals surface area contributed by atoms with Crippen LogP contribution in [0.15, 0.2) is 0 Å². The lowest BCUT2D eigenvalue weighted by molar-refractivity contribution is -0.361. The first kappa shape index (κ1) is 55.5. The van der Waals surface area contributed by atoms with Crippen molar-refractivity contribution >= 4 is 11.9 Å². The summed E-state index contributed by atoms with van der Waals surface area (Å²) in [4.78, 5) is 28.2. The molecule has 0 aromatic rings. The molecule has 4 unspecified atom stereocenters. The summed E-state index contributed by atoms with van der Waals surface area (Å²) in [6.45, 7) is 10.7. The lowest BCUT2D eigenvalue weighted by Crippen LogP contribution is -2.68. The Hall–Kier alpha value is -1.74. The van der Waals surface area contributed by atoms with Gasteiger partial charge in [-0.25, -0.2) is 0 Å². The number of esters is 1. The van der Waals surface area contributed by atoms with E-state index in [0.29, 0.717) is 38.5 Å². The molecule has 3 aliphatic heterocycles. The molecule has 5 aliphatic carbocycles. The van der Waals surface area contributed by atoms with Gasteiger partial charge in [0.15, 0.2) is 18.9 Å². The van der Waals surface area contributed by atoms with Gasteiger partial charge in [0, 0.05) is 20.1 Å². The SMILES string of the molecule is COC(OC)C(C)[C@@H]1CC[C@]2(C(=O)O[C@@H]3O[C@H](CO[C@@H]4O[C@H](CO)[C@@H](O[C@H]5O[C@@H](C)[C@H](O)[C@@H](O)[C@H]5O)[C@H](O)[C@H]4O)[C@@H](O)[C@H](O)[C@H]3O)CC[C@]3(C)[C@H](CCC4[C@@]5(C)CC[C@@H](O)[C@@](C)(C(=O)O)C5CC[C@]43C)C12. The second kappa shape index (κ2) is 20.3. The van der Waals surface area contributed by atoms with Crippen molar-refractivity contribution in [1.29, 1.82) is 0 Å². The molecule has 3 saturated heterocycles. The molecule has 21 heteroatoms. The van der Waals surface area contributed by atoms with Crippen LogP contribution in [-0.4, -0.2) is 200 Å². The molecule has 0 aromatic carbocycles. The largest absolute Gasteiger partial charge is 0.481 e. The Morgan fingerprint density at radius 2 is 1.28 bits per heavy atom. The standard InChI is InChI=1S/C50H82O21/c1-21(40(64-7)65-8)23-11-16-50(18-17-47(4)24(30(23)50)9-10-27-46(3)14-13-29(52)49(6,44(61)62)28(46)12-15-48(27,47)5)45(63)71-43-37(59)34(56)32(54)26(69-43)20-66-41-38(60)35(57)39(25(19-51)68-41)70-42-36(58)33(55)31(53)22(2)67-42/h21-43,51-60H,9-20H2,1-8H3,(H,61,62)/t21?,22-,23-,24+,25+,26+,27?,28?,29+,30?,31-,32+,33+,34-,35+,36+,37+,38+,39+,41+,42+,43-,46+,47+,48+,49-,50-/m0/s1. The molecular formula is C50H82O21. The number of fused-ring (bicyclic) bond motifs is 7. The van der Waals surface area contributed by atoms with E-state index in [9.17, 15) is 61.0 Å². The van der Waals surface area contributed by atoms with Gasteiger partial charge in [-0.05, 0) is 124 Å². The molecule has 11 N–H and O–H groups in total. The Balaban J connectivity index is 1.00. The minimum absolute atomic E-state index is 0.00800. The number of aliphatic hydroxyl groups is 10. The Bertz CT molecular complexity index is 1890. The quantitative estimate of drug-likeness (QED) is 0.0838. The van der Waals surface area contributed by atoms with E-state index < -0.39 is 140 Å². The summed E-state index contributed by atoms with van der Waals surface area (Å²) in [5, 5.41) is 119. The fraction of sp³-hybridized carbons (Fsp3) is 0.960. The van der Waals surface area contributed by atoms with Crippen molar-refractivity contribution in [2.45, 2.75) is 210 Å². The lowest BCUT2D eigenvalue weighted by atomic mass is 9.32. The summed E-state index contributed by atoms with van der Waals surface area (Å²) in [6, 6.07) is 0. The van der Waals surface area contributed by atoms with Gasteiger partial charge in [-0.15, -0.1) is 0 Å². The molecule has 0 spiro atoms. The highest BCUT2D eigenvalue weighted by molar-refractivity contribution is 5.78. The number of carbonyl (C=O) groups is 2. The van der Waals surface area contributed by atoms with E-state index in [2.05, 4.69) is 27.7 Å². The maximum Gasteiger partial charge on any atom is 0.314 e. The number of ether oxygens (including phenoxy) is 8. The van der Waals surface area contributed by atoms with Gasteiger partial charge in [0.1, 0.15) is 67.1 Å². The molecule has 408 valence electrons. The molecule has 8 aliphatic rings. The molecule has 3 heterocycles. The smallest absolute Gasteiger partial charge is 0.314 e. The van der Waals surface area contributed by atoms with Crippen LogP contribution in [0.5, 0.6) is 0 Å². The predicted octanol–water partition coefficient (Wildman–Crippen LogP) is -0.232. The summed E-state index contributed by atoms with van der Waals surface area (Å²) in [6.07, 6.45) is -19.8. The molecule has 8 rings (SSSR count). The second-order valence-electron chi connectivity index (χ2n) is 23.6. The summed E-state index contributed by atoms with van der Waals surface area (Å²) in [7, 11) is 3.18. The number of carbonyl (C=O) groups excluding carboxylic acids is 1. The minimum Gasteiger partial charge on any atom is -0.481 e. The van der Waals surface area contributed by atoms with Gasteiger partial charge in [-0.1, -0.05) is 27.7 Å². The van der Waals surface area contributed by atoms with Crippen LogP contribution >= 0.6 is 0 Å². The van der Waals surface area contributed by atoms with E-state index in [0.717, 1.165) is 25.7 Å². The van der Waals surface area contributed by atoms with Gasteiger partial charge in [0.2, 0.25) is 6.29 Å². The van der Waals surface area contributed by atoms with E-state index in [1.807, 2.05) is 0 Å². The van der Waals surface area contributed by atoms with Crippen molar-refractivity contribution in [3.8, 4) is 0 Å². The van der Waals surface area contributed by atoms with Crippen molar-refractivity contribution in [3.63, 3.8) is 0 Å². The molecule has 0 bridgehead atoms. The Kier molecular flexibility index (Phi) is 15.9. The Labute approximate surface area is 415 Å². The van der Waals surface area contributed by atoms with Crippen molar-refractivity contribution in [2.24, 2.45) is 62.6 Å². The van der Waals surface area contributed by atoms with Crippen molar-refractivity contribution < 1.29 is 104 Å². The molecular weight excluding hydrogens is 937 g/mol. The van der Waals surface area contributed by atoms with Crippen molar-refractivity contribution in [3.05, 3.63) is 0 Å². The highest BCUT2D eigenvalue weighted by Crippen LogP contribution is 2.78. The molecule has 0 aromatic heterocycles. The van der Waals surface area contributed by atoms with E-state index in [-0.39, 0.29) is 51.8 Å². The first-order valence-corrected chi connectivity index (χ1v) is 25.8. The van der Waals surface area contributed by atoms with Gasteiger partial charge in [-0.3, -0.25) is 9.59 Å². The third-order valence-corrected chi connectivity index (χ3v) is 20.8. The molecule has 21 nitrogen and oxygen atoms in total. The third kappa shape index (κ3) is 8.64. The minimum atomic E-state index is -1.89. The van der Waals surface area contributed by atoms with Gasteiger partial charge < -0.3 is 94.1 Å². The van der Waals surface area contributed by atoms with E-state index in [4.69, 9.17) is 37.9 Å². The van der Waals surface area contributed by atoms with Crippen LogP contribution < -0.4 is 0 Å². The number of aliphatic hydroxyl groups excluding tert-OH is 10. The molecule has 0 radical (unpaired) electrons. The third-order valence-electron chi connectivity index (χ3n) is 20.8. The normalized spacial score (nSPS) is 53.5. The maximum absolute atomic E-state index is 15.2. The van der Waals surface area contributed by atoms with Crippen LogP contribution in [-0.2, 0) is 47.5 Å². The lowest BCUT2D eigenvalue weighted by Gasteiger charge is -2.72. The molecule has 5 saturated carbocycles. The summed E-state index contributed by atoms with van der Waals surface area (Å²) < 4.78 is 46.5. The number of carboxylic acid groups (broad SMARTS) is 1. The summed E-state index contributed by atoms with van der Waals surface area (Å²) in [5.74, 6) is -2.09. The first-order chi connectivity index (χ1) is 33.3. The number of aliphatic carboxylic acids is 1. The predicted molar refractivity (Wildman–Crippen MR) is 243 cm³/mol. The highest BCUT2D eigenvalue weighted by Gasteiger charge is 2.74. The van der Waals surface area contributed by atoms with Gasteiger partial charge in [0.05, 0.1) is 36.3 Å². The number of carboxylic acids is 1. The van der Waals surface area contributed by atoms with Crippen LogP contribution in [0, 0.1) is 62.6 Å². The zero-order chi connectivity index (χ0) is 52.1. The van der Waals surface area contributed by atoms with Crippen molar-refractivity contribution in [2.75, 3.05) is 27.4 Å². The average molecular weight is 1020 g/mol. The van der Waals surface area contributed by atoms with Crippen LogP contribution in [0.2, 0.25) is 0 Å². The number of methoxy groups -OCH3 is 2. The number of hydrogen-bond acceptors (Lipinski definition) is 20. The van der Waals surface area contributed by atoms with Crippen molar-refractivity contribution in [1.82, 2.24) is 0 Å². The molecule has 71 heavy (non-hydrogen) atoms. The fourth-order valence-electron chi connectivity index (χ4n) is 16.5. The summed E-state index contributed by atoms with van der Waals surface area (Å²) in [5.41, 5.74) is -3.22. The number of rotatable bonds is 13. The number of hydrogen-bond donors (Lipinski definition) is 11. The average Bonchev–Trinajstić information content (AvgIpc) is 3.74. The van der Waals surface area contributed by atoms with Crippen LogP contribution in [0.1, 0.15) is 106 Å². The van der Waals surface area contributed by atoms with Gasteiger partial charge in [-0.2, -0.15) is 0 Å². The Morgan fingerprint density at radius 3 is 1.93 bits per heavy atom. The summed E-state index contributed by atoms with van der Waals surface area (Å²) >= 11 is 0. The maximum atomic E-state index is 15.2. The topological polar surface area (TPSA) is 331 Å². The van der Waals surface area contributed by atoms with E-state index in [1.54, 1.807) is 21.1 Å². The van der Waals surface area contributed by atoms with Gasteiger partial charge in [0.25, 0.3) is 0 Å². The highest BCUT2D eigenvalue weighted by atomic mass is 16.8. The van der Waals surface area contributed by atoms with E-state index >= 15 is 4.79 Å². The van der Waals surface area contributed by atoms with Crippen LogP contribution in [0.25, 0.3) is 0 Å². The molecule has 8 fully saturated rings. The zero-order valence-electron chi connectivity index (χ0n) is 42.3. The monoisotopic (exact) mass is 1020 g/mol. The second-order valence-corrected chi connectivity index (χ2v) is 23.6. The fourth-order valence-corrected chi connectivity index (χ4v) is 16.5. The van der Waals surface area contributed by atoms with Crippen LogP contribution in [0.3, 0.4) is 0 Å². The van der Waals surface area contributed by atoms with E-state index in [1.165, 1.54) is 6.92 Å². The first-order valence-electron chi connectivity index (χ1n) is 25.8. The zero-order valence-corrected chi connectivity index (χ0v) is 42.3. The van der Waals surface area contributed by atoms with Crippen LogP contribution in [0.4, 0.5) is 0 Å². The van der Waals surface area contributed by atoms with Gasteiger partial charge >= 0.3 is 11.9 Å².